The van der Waals surface area contributed by atoms with Gasteiger partial charge in [-0.25, -0.2) is 0 Å². The number of likely N-dealkylation sites (N-methyl/N-ethyl adjacent to an activating group) is 1. The van der Waals surface area contributed by atoms with Crippen LogP contribution in [0.3, 0.4) is 0 Å². The van der Waals surface area contributed by atoms with Gasteiger partial charge < -0.3 is 24.8 Å². The number of ether oxygens (including phenoxy) is 3. The lowest BCUT2D eigenvalue weighted by Gasteiger charge is -2.33. The van der Waals surface area contributed by atoms with Gasteiger partial charge in [0.1, 0.15) is 13.2 Å². The Balaban J connectivity index is 1.63. The second-order valence-electron chi connectivity index (χ2n) is 5.79. The summed E-state index contributed by atoms with van der Waals surface area (Å²) in [5, 5.41) is 0. The third kappa shape index (κ3) is 3.48. The highest BCUT2D eigenvalue weighted by Gasteiger charge is 2.21. The summed E-state index contributed by atoms with van der Waals surface area (Å²) in [6, 6.07) is 6.56. The van der Waals surface area contributed by atoms with E-state index in [2.05, 4.69) is 11.9 Å². The number of rotatable bonds is 4. The van der Waals surface area contributed by atoms with Crippen LogP contribution < -0.4 is 15.2 Å². The molecule has 116 valence electrons. The van der Waals surface area contributed by atoms with Crippen molar-refractivity contribution in [1.29, 1.82) is 0 Å². The molecule has 1 unspecified atom stereocenters. The Morgan fingerprint density at radius 1 is 1.14 bits per heavy atom. The second-order valence-corrected chi connectivity index (χ2v) is 5.79. The smallest absolute Gasteiger partial charge is 0.161 e. The molecule has 5 heteroatoms. The van der Waals surface area contributed by atoms with E-state index in [1.807, 2.05) is 18.2 Å². The highest BCUT2D eigenvalue weighted by Crippen LogP contribution is 2.32. The Morgan fingerprint density at radius 2 is 1.86 bits per heavy atom. The van der Waals surface area contributed by atoms with Crippen molar-refractivity contribution in [3.05, 3.63) is 23.8 Å². The quantitative estimate of drug-likeness (QED) is 0.913. The molecule has 0 radical (unpaired) electrons. The minimum absolute atomic E-state index is 0.0197. The van der Waals surface area contributed by atoms with Crippen LogP contribution in [0.15, 0.2) is 18.2 Å². The summed E-state index contributed by atoms with van der Waals surface area (Å²) in [5.74, 6) is 1.62. The predicted octanol–water partition coefficient (Wildman–Crippen LogP) is 1.57. The monoisotopic (exact) mass is 292 g/mol. The summed E-state index contributed by atoms with van der Waals surface area (Å²) in [7, 11) is 2.15. The summed E-state index contributed by atoms with van der Waals surface area (Å²) in [5.41, 5.74) is 7.46. The van der Waals surface area contributed by atoms with Crippen molar-refractivity contribution < 1.29 is 14.2 Å². The fraction of sp³-hybridized carbons (Fsp3) is 0.625. The number of hydrogen-bond acceptors (Lipinski definition) is 5. The van der Waals surface area contributed by atoms with Crippen molar-refractivity contribution >= 4 is 0 Å². The molecule has 0 spiro atoms. The van der Waals surface area contributed by atoms with Crippen LogP contribution in [-0.4, -0.2) is 51.0 Å². The SMILES string of the molecule is CN(CC(N)c1ccc2c(c1)OCCO2)C1CCOCC1. The summed E-state index contributed by atoms with van der Waals surface area (Å²) < 4.78 is 16.6. The van der Waals surface area contributed by atoms with Gasteiger partial charge in [0.25, 0.3) is 0 Å². The van der Waals surface area contributed by atoms with E-state index in [0.717, 1.165) is 49.7 Å². The topological polar surface area (TPSA) is 57.0 Å². The lowest BCUT2D eigenvalue weighted by Crippen LogP contribution is -2.40. The fourth-order valence-corrected chi connectivity index (χ4v) is 2.98. The summed E-state index contributed by atoms with van der Waals surface area (Å²) in [4.78, 5) is 2.35. The minimum Gasteiger partial charge on any atom is -0.486 e. The molecule has 2 N–H and O–H groups in total. The Labute approximate surface area is 126 Å². The van der Waals surface area contributed by atoms with Gasteiger partial charge in [0.2, 0.25) is 0 Å². The van der Waals surface area contributed by atoms with Gasteiger partial charge in [-0.3, -0.25) is 0 Å². The molecule has 0 saturated carbocycles. The van der Waals surface area contributed by atoms with E-state index in [-0.39, 0.29) is 6.04 Å². The molecular formula is C16H24N2O3. The van der Waals surface area contributed by atoms with Crippen LogP contribution in [0.2, 0.25) is 0 Å². The highest BCUT2D eigenvalue weighted by atomic mass is 16.6. The van der Waals surface area contributed by atoms with Gasteiger partial charge in [0.15, 0.2) is 11.5 Å². The second kappa shape index (κ2) is 6.64. The number of nitrogens with two attached hydrogens (primary N) is 1. The molecule has 1 aromatic carbocycles. The van der Waals surface area contributed by atoms with Crippen molar-refractivity contribution in [2.24, 2.45) is 5.73 Å². The van der Waals surface area contributed by atoms with Crippen LogP contribution in [0, 0.1) is 0 Å². The Hall–Kier alpha value is -1.30. The average Bonchev–Trinajstić information content (AvgIpc) is 2.55. The Morgan fingerprint density at radius 3 is 2.62 bits per heavy atom. The minimum atomic E-state index is -0.0197. The van der Waals surface area contributed by atoms with E-state index < -0.39 is 0 Å². The van der Waals surface area contributed by atoms with Gasteiger partial charge in [-0.2, -0.15) is 0 Å². The molecule has 1 atom stereocenters. The third-order valence-electron chi connectivity index (χ3n) is 4.29. The molecule has 21 heavy (non-hydrogen) atoms. The van der Waals surface area contributed by atoms with Crippen molar-refractivity contribution in [1.82, 2.24) is 4.90 Å². The van der Waals surface area contributed by atoms with Crippen LogP contribution in [0.5, 0.6) is 11.5 Å². The van der Waals surface area contributed by atoms with Gasteiger partial charge in [0.05, 0.1) is 0 Å². The van der Waals surface area contributed by atoms with Gasteiger partial charge in [-0.15, -0.1) is 0 Å². The maximum atomic E-state index is 6.37. The average molecular weight is 292 g/mol. The molecule has 1 aromatic rings. The van der Waals surface area contributed by atoms with E-state index in [1.54, 1.807) is 0 Å². The number of benzene rings is 1. The van der Waals surface area contributed by atoms with Gasteiger partial charge in [-0.05, 0) is 37.6 Å². The van der Waals surface area contributed by atoms with Crippen LogP contribution in [0.1, 0.15) is 24.4 Å². The zero-order valence-electron chi connectivity index (χ0n) is 12.6. The van der Waals surface area contributed by atoms with Gasteiger partial charge in [-0.1, -0.05) is 6.07 Å². The zero-order chi connectivity index (χ0) is 14.7. The van der Waals surface area contributed by atoms with E-state index in [9.17, 15) is 0 Å². The molecule has 1 fully saturated rings. The van der Waals surface area contributed by atoms with Crippen LogP contribution in [0.25, 0.3) is 0 Å². The molecular weight excluding hydrogens is 268 g/mol. The van der Waals surface area contributed by atoms with E-state index in [4.69, 9.17) is 19.9 Å². The van der Waals surface area contributed by atoms with E-state index in [1.165, 1.54) is 0 Å². The summed E-state index contributed by atoms with van der Waals surface area (Å²) in [6.45, 7) is 3.77. The number of hydrogen-bond donors (Lipinski definition) is 1. The maximum absolute atomic E-state index is 6.37. The first-order valence-corrected chi connectivity index (χ1v) is 7.67. The maximum Gasteiger partial charge on any atom is 0.161 e. The fourth-order valence-electron chi connectivity index (χ4n) is 2.98. The van der Waals surface area contributed by atoms with Gasteiger partial charge in [0, 0.05) is 31.8 Å². The zero-order valence-corrected chi connectivity index (χ0v) is 12.6. The molecule has 0 aromatic heterocycles. The molecule has 1 saturated heterocycles. The van der Waals surface area contributed by atoms with Crippen molar-refractivity contribution in [3.63, 3.8) is 0 Å². The number of fused-ring (bicyclic) bond motifs is 1. The third-order valence-corrected chi connectivity index (χ3v) is 4.29. The Kier molecular flexibility index (Phi) is 4.63. The van der Waals surface area contributed by atoms with Crippen molar-refractivity contribution in [2.75, 3.05) is 40.0 Å². The highest BCUT2D eigenvalue weighted by molar-refractivity contribution is 5.44. The predicted molar refractivity (Wildman–Crippen MR) is 80.8 cm³/mol. The lowest BCUT2D eigenvalue weighted by atomic mass is 10.0. The lowest BCUT2D eigenvalue weighted by molar-refractivity contribution is 0.0413. The molecule has 2 aliphatic heterocycles. The van der Waals surface area contributed by atoms with E-state index in [0.29, 0.717) is 19.3 Å². The molecule has 3 rings (SSSR count). The first-order valence-electron chi connectivity index (χ1n) is 7.67. The molecule has 0 amide bonds. The summed E-state index contributed by atoms with van der Waals surface area (Å²) in [6.07, 6.45) is 2.18. The van der Waals surface area contributed by atoms with Crippen LogP contribution in [0.4, 0.5) is 0 Å². The van der Waals surface area contributed by atoms with Crippen molar-refractivity contribution in [2.45, 2.75) is 24.9 Å². The van der Waals surface area contributed by atoms with Crippen molar-refractivity contribution in [3.8, 4) is 11.5 Å². The standard InChI is InChI=1S/C16H24N2O3/c1-18(13-4-6-19-7-5-13)11-14(17)12-2-3-15-16(10-12)21-9-8-20-15/h2-3,10,13-14H,4-9,11,17H2,1H3. The van der Waals surface area contributed by atoms with Crippen LogP contribution >= 0.6 is 0 Å². The largest absolute Gasteiger partial charge is 0.486 e. The molecule has 5 nitrogen and oxygen atoms in total. The molecule has 0 bridgehead atoms. The normalized spacial score (nSPS) is 20.5. The molecule has 0 aliphatic carbocycles. The van der Waals surface area contributed by atoms with Crippen LogP contribution in [-0.2, 0) is 4.74 Å². The Bertz CT molecular complexity index is 475. The number of nitrogens with zero attached hydrogens (tertiary/aromatic N) is 1. The molecule has 2 heterocycles. The van der Waals surface area contributed by atoms with E-state index >= 15 is 0 Å². The first-order chi connectivity index (χ1) is 10.2. The first kappa shape index (κ1) is 14.6. The molecule has 2 aliphatic rings. The summed E-state index contributed by atoms with van der Waals surface area (Å²) >= 11 is 0. The van der Waals surface area contributed by atoms with Gasteiger partial charge >= 0.3 is 0 Å².